The molecule has 0 fully saturated rings. The number of carbonyl (C=O) groups is 1. The number of aromatic hydroxyl groups is 1. The Bertz CT molecular complexity index is 679. The second kappa shape index (κ2) is 4.56. The van der Waals surface area contributed by atoms with Gasteiger partial charge in [-0.2, -0.15) is 0 Å². The van der Waals surface area contributed by atoms with Crippen LogP contribution in [0.2, 0.25) is 0 Å². The Labute approximate surface area is 117 Å². The molecule has 2 aromatic rings. The molecule has 1 aliphatic rings. The number of phenolic OH excluding ortho intramolecular Hbond substituents is 1. The summed E-state index contributed by atoms with van der Waals surface area (Å²) in [5.74, 6) is -0.215. The molecule has 1 heterocycles. The number of hydrogen-bond acceptors (Lipinski definition) is 4. The summed E-state index contributed by atoms with van der Waals surface area (Å²) in [5, 5.41) is 10.2. The Morgan fingerprint density at radius 2 is 1.85 bits per heavy atom. The number of cyclic esters (lactones) is 1. The van der Waals surface area contributed by atoms with Gasteiger partial charge in [0.05, 0.1) is 5.56 Å². The third kappa shape index (κ3) is 1.90. The standard InChI is InChI=1S/C16H15NO3/c1-17(2)10-7-8-13(14(18)9-10)15-11-5-3-4-6-12(11)16(19)20-15/h3-9,15,18H,1-2H3. The minimum atomic E-state index is -0.532. The summed E-state index contributed by atoms with van der Waals surface area (Å²) >= 11 is 0. The van der Waals surface area contributed by atoms with Crippen LogP contribution in [0, 0.1) is 0 Å². The van der Waals surface area contributed by atoms with Crippen LogP contribution < -0.4 is 4.90 Å². The first-order valence-corrected chi connectivity index (χ1v) is 6.38. The fourth-order valence-electron chi connectivity index (χ4n) is 2.41. The van der Waals surface area contributed by atoms with Gasteiger partial charge in [0.1, 0.15) is 5.75 Å². The van der Waals surface area contributed by atoms with Gasteiger partial charge >= 0.3 is 5.97 Å². The number of nitrogens with zero attached hydrogens (tertiary/aromatic N) is 1. The monoisotopic (exact) mass is 269 g/mol. The van der Waals surface area contributed by atoms with Crippen molar-refractivity contribution in [2.75, 3.05) is 19.0 Å². The van der Waals surface area contributed by atoms with E-state index in [2.05, 4.69) is 0 Å². The topological polar surface area (TPSA) is 49.8 Å². The number of anilines is 1. The fraction of sp³-hybridized carbons (Fsp3) is 0.188. The van der Waals surface area contributed by atoms with Crippen LogP contribution in [0.25, 0.3) is 0 Å². The largest absolute Gasteiger partial charge is 0.507 e. The summed E-state index contributed by atoms with van der Waals surface area (Å²) in [7, 11) is 3.80. The first-order valence-electron chi connectivity index (χ1n) is 6.38. The van der Waals surface area contributed by atoms with Crippen molar-refractivity contribution in [3.05, 3.63) is 59.2 Å². The minimum absolute atomic E-state index is 0.130. The molecule has 4 heteroatoms. The van der Waals surface area contributed by atoms with Crippen LogP contribution in [0.4, 0.5) is 5.69 Å². The Morgan fingerprint density at radius 1 is 1.10 bits per heavy atom. The second-order valence-electron chi connectivity index (χ2n) is 5.01. The van der Waals surface area contributed by atoms with E-state index in [1.54, 1.807) is 24.3 Å². The second-order valence-corrected chi connectivity index (χ2v) is 5.01. The number of ether oxygens (including phenoxy) is 1. The summed E-state index contributed by atoms with van der Waals surface area (Å²) in [6, 6.07) is 12.6. The van der Waals surface area contributed by atoms with Gasteiger partial charge in [-0.25, -0.2) is 4.79 Å². The van der Waals surface area contributed by atoms with Crippen LogP contribution in [0.15, 0.2) is 42.5 Å². The summed E-state index contributed by atoms with van der Waals surface area (Å²) in [6.45, 7) is 0. The number of benzene rings is 2. The molecule has 1 aliphatic heterocycles. The molecular weight excluding hydrogens is 254 g/mol. The van der Waals surface area contributed by atoms with Gasteiger partial charge in [0, 0.05) is 37.0 Å². The van der Waals surface area contributed by atoms with E-state index < -0.39 is 6.10 Å². The van der Waals surface area contributed by atoms with E-state index in [1.807, 2.05) is 37.2 Å². The van der Waals surface area contributed by atoms with Crippen molar-refractivity contribution in [2.24, 2.45) is 0 Å². The zero-order valence-electron chi connectivity index (χ0n) is 11.3. The summed E-state index contributed by atoms with van der Waals surface area (Å²) < 4.78 is 5.39. The van der Waals surface area contributed by atoms with Gasteiger partial charge < -0.3 is 14.7 Å². The fourth-order valence-corrected chi connectivity index (χ4v) is 2.41. The van der Waals surface area contributed by atoms with E-state index >= 15 is 0 Å². The minimum Gasteiger partial charge on any atom is -0.507 e. The normalized spacial score (nSPS) is 16.7. The van der Waals surface area contributed by atoms with E-state index in [9.17, 15) is 9.90 Å². The average Bonchev–Trinajstić information content (AvgIpc) is 2.76. The van der Waals surface area contributed by atoms with Crippen LogP contribution in [0.3, 0.4) is 0 Å². The molecule has 0 bridgehead atoms. The molecule has 1 unspecified atom stereocenters. The summed E-state index contributed by atoms with van der Waals surface area (Å²) in [4.78, 5) is 13.7. The third-order valence-corrected chi connectivity index (χ3v) is 3.50. The van der Waals surface area contributed by atoms with Crippen LogP contribution in [0.5, 0.6) is 5.75 Å². The number of esters is 1. The van der Waals surface area contributed by atoms with Gasteiger partial charge in [-0.15, -0.1) is 0 Å². The molecule has 0 saturated heterocycles. The lowest BCUT2D eigenvalue weighted by molar-refractivity contribution is 0.0453. The maximum atomic E-state index is 11.8. The number of phenols is 1. The van der Waals surface area contributed by atoms with Crippen molar-refractivity contribution in [3.8, 4) is 5.75 Å². The lowest BCUT2D eigenvalue weighted by atomic mass is 9.98. The molecule has 0 saturated carbocycles. The van der Waals surface area contributed by atoms with Gasteiger partial charge in [0.2, 0.25) is 0 Å². The van der Waals surface area contributed by atoms with E-state index in [0.29, 0.717) is 11.1 Å². The van der Waals surface area contributed by atoms with Gasteiger partial charge in [-0.05, 0) is 18.2 Å². The quantitative estimate of drug-likeness (QED) is 0.852. The number of hydrogen-bond donors (Lipinski definition) is 1. The molecule has 0 spiro atoms. The van der Waals surface area contributed by atoms with E-state index in [1.165, 1.54) is 0 Å². The first kappa shape index (κ1) is 12.5. The van der Waals surface area contributed by atoms with Crippen molar-refractivity contribution in [3.63, 3.8) is 0 Å². The van der Waals surface area contributed by atoms with Crippen LogP contribution in [0.1, 0.15) is 27.6 Å². The molecule has 0 radical (unpaired) electrons. The lowest BCUT2D eigenvalue weighted by Crippen LogP contribution is -2.09. The number of carbonyl (C=O) groups excluding carboxylic acids is 1. The van der Waals surface area contributed by atoms with Crippen molar-refractivity contribution in [1.82, 2.24) is 0 Å². The molecule has 20 heavy (non-hydrogen) atoms. The highest BCUT2D eigenvalue weighted by molar-refractivity contribution is 5.94. The van der Waals surface area contributed by atoms with Gasteiger partial charge in [-0.3, -0.25) is 0 Å². The highest BCUT2D eigenvalue weighted by atomic mass is 16.5. The molecule has 4 nitrogen and oxygen atoms in total. The maximum absolute atomic E-state index is 11.8. The SMILES string of the molecule is CN(C)c1ccc(C2OC(=O)c3ccccc32)c(O)c1. The third-order valence-electron chi connectivity index (χ3n) is 3.50. The van der Waals surface area contributed by atoms with Gasteiger partial charge in [0.15, 0.2) is 6.10 Å². The Balaban J connectivity index is 2.05. The van der Waals surface area contributed by atoms with Gasteiger partial charge in [0.25, 0.3) is 0 Å². The molecule has 0 aromatic heterocycles. The van der Waals surface area contributed by atoms with E-state index in [4.69, 9.17) is 4.74 Å². The molecule has 3 rings (SSSR count). The molecule has 0 amide bonds. The Hall–Kier alpha value is -2.49. The molecule has 2 aromatic carbocycles. The highest BCUT2D eigenvalue weighted by Crippen LogP contribution is 2.40. The summed E-state index contributed by atoms with van der Waals surface area (Å²) in [6.07, 6.45) is -0.532. The molecule has 1 atom stereocenters. The van der Waals surface area contributed by atoms with Crippen molar-refractivity contribution in [1.29, 1.82) is 0 Å². The Morgan fingerprint density at radius 3 is 2.55 bits per heavy atom. The van der Waals surface area contributed by atoms with Crippen LogP contribution >= 0.6 is 0 Å². The van der Waals surface area contributed by atoms with E-state index in [0.717, 1.165) is 11.3 Å². The van der Waals surface area contributed by atoms with E-state index in [-0.39, 0.29) is 11.7 Å². The maximum Gasteiger partial charge on any atom is 0.339 e. The Kier molecular flexibility index (Phi) is 2.86. The van der Waals surface area contributed by atoms with Crippen LogP contribution in [-0.4, -0.2) is 25.2 Å². The molecule has 1 N–H and O–H groups in total. The van der Waals surface area contributed by atoms with Gasteiger partial charge in [-0.1, -0.05) is 18.2 Å². The highest BCUT2D eigenvalue weighted by Gasteiger charge is 2.33. The lowest BCUT2D eigenvalue weighted by Gasteiger charge is -2.17. The van der Waals surface area contributed by atoms with Crippen molar-refractivity contribution in [2.45, 2.75) is 6.10 Å². The smallest absolute Gasteiger partial charge is 0.339 e. The number of rotatable bonds is 2. The molecule has 0 aliphatic carbocycles. The predicted octanol–water partition coefficient (Wildman–Crippen LogP) is 2.72. The van der Waals surface area contributed by atoms with Crippen LogP contribution in [-0.2, 0) is 4.74 Å². The average molecular weight is 269 g/mol. The predicted molar refractivity (Wildman–Crippen MR) is 76.1 cm³/mol. The zero-order valence-corrected chi connectivity index (χ0v) is 11.3. The van der Waals surface area contributed by atoms with Crippen molar-refractivity contribution >= 4 is 11.7 Å². The first-order chi connectivity index (χ1) is 9.58. The number of fused-ring (bicyclic) bond motifs is 1. The molecular formula is C16H15NO3. The van der Waals surface area contributed by atoms with Crippen molar-refractivity contribution < 1.29 is 14.6 Å². The molecule has 102 valence electrons. The zero-order chi connectivity index (χ0) is 14.3. The summed E-state index contributed by atoms with van der Waals surface area (Å²) in [5.41, 5.74) is 2.86.